The van der Waals surface area contributed by atoms with E-state index in [0.717, 1.165) is 0 Å². The molecule has 0 N–H and O–H groups in total. The average Bonchev–Trinajstić information content (AvgIpc) is 2.09. The fraction of sp³-hybridized carbons (Fsp3) is 0.455. The minimum absolute atomic E-state index is 0.259. The quantitative estimate of drug-likeness (QED) is 0.531. The number of rotatable bonds is 3. The van der Waals surface area contributed by atoms with Crippen LogP contribution >= 0.6 is 0 Å². The molecule has 1 rings (SSSR count). The first kappa shape index (κ1) is 10.0. The summed E-state index contributed by atoms with van der Waals surface area (Å²) in [7, 11) is 0. The van der Waals surface area contributed by atoms with Crippen LogP contribution in [0.25, 0.3) is 0 Å². The molecule has 0 aliphatic rings. The molecule has 1 aromatic carbocycles. The van der Waals surface area contributed by atoms with Gasteiger partial charge in [0.1, 0.15) is 0 Å². The van der Waals surface area contributed by atoms with Crippen molar-refractivity contribution in [1.82, 2.24) is 0 Å². The van der Waals surface area contributed by atoms with E-state index < -0.39 is 0 Å². The van der Waals surface area contributed by atoms with Gasteiger partial charge < -0.3 is 0 Å². The van der Waals surface area contributed by atoms with E-state index in [1.165, 1.54) is 12.8 Å². The van der Waals surface area contributed by atoms with Gasteiger partial charge in [-0.25, -0.2) is 0 Å². The van der Waals surface area contributed by atoms with Gasteiger partial charge in [0.15, 0.2) is 0 Å². The van der Waals surface area contributed by atoms with Gasteiger partial charge in [0, 0.05) is 0 Å². The molecule has 0 saturated carbocycles. The second-order valence-corrected chi connectivity index (χ2v) is 5.20. The molecular formula is C11H16I-. The SMILES string of the molecule is CCCc1cccc([I-]C)c1C. The number of hydrogen-bond acceptors (Lipinski definition) is 0. The van der Waals surface area contributed by atoms with Crippen molar-refractivity contribution in [2.75, 3.05) is 4.93 Å². The second kappa shape index (κ2) is 4.85. The van der Waals surface area contributed by atoms with Crippen LogP contribution in [0.15, 0.2) is 18.2 Å². The summed E-state index contributed by atoms with van der Waals surface area (Å²) in [6.07, 6.45) is 2.50. The van der Waals surface area contributed by atoms with Crippen LogP contribution in [0.2, 0.25) is 0 Å². The standard InChI is InChI=1S/C11H16I/c1-4-6-10-7-5-8-11(12-3)9(10)2/h5,7-8H,4,6H2,1-3H3/q-1. The number of alkyl halides is 1. The molecule has 0 heterocycles. The third-order valence-corrected chi connectivity index (χ3v) is 4.43. The fourth-order valence-electron chi connectivity index (χ4n) is 1.40. The van der Waals surface area contributed by atoms with Crippen molar-refractivity contribution in [1.29, 1.82) is 0 Å². The fourth-order valence-corrected chi connectivity index (χ4v) is 3.12. The van der Waals surface area contributed by atoms with Crippen molar-refractivity contribution in [3.63, 3.8) is 0 Å². The number of halogens is 1. The first-order chi connectivity index (χ1) is 5.79. The number of benzene rings is 1. The Morgan fingerprint density at radius 2 is 2.08 bits per heavy atom. The first-order valence-electron chi connectivity index (χ1n) is 4.37. The van der Waals surface area contributed by atoms with Crippen LogP contribution in [0.5, 0.6) is 0 Å². The molecular weight excluding hydrogens is 259 g/mol. The Morgan fingerprint density at radius 3 is 2.67 bits per heavy atom. The Labute approximate surface area is 85.6 Å². The molecule has 0 aliphatic carbocycles. The van der Waals surface area contributed by atoms with Crippen molar-refractivity contribution >= 4 is 0 Å². The van der Waals surface area contributed by atoms with Gasteiger partial charge in [0.05, 0.1) is 0 Å². The molecule has 12 heavy (non-hydrogen) atoms. The maximum atomic E-state index is 2.33. The molecule has 0 aromatic heterocycles. The van der Waals surface area contributed by atoms with Crippen LogP contribution in [0.4, 0.5) is 0 Å². The molecule has 0 atom stereocenters. The molecule has 0 fully saturated rings. The van der Waals surface area contributed by atoms with E-state index in [0.29, 0.717) is 0 Å². The summed E-state index contributed by atoms with van der Waals surface area (Å²) in [5.74, 6) is 0. The molecule has 0 saturated heterocycles. The van der Waals surface area contributed by atoms with Crippen LogP contribution in [0.1, 0.15) is 24.5 Å². The zero-order chi connectivity index (χ0) is 8.97. The van der Waals surface area contributed by atoms with Gasteiger partial charge in [0.25, 0.3) is 0 Å². The van der Waals surface area contributed by atoms with Crippen LogP contribution in [0.3, 0.4) is 0 Å². The normalized spacial score (nSPS) is 10.6. The van der Waals surface area contributed by atoms with Crippen LogP contribution < -0.4 is 21.2 Å². The molecule has 0 aliphatic heterocycles. The first-order valence-corrected chi connectivity index (χ1v) is 7.61. The monoisotopic (exact) mass is 275 g/mol. The second-order valence-electron chi connectivity index (χ2n) is 2.96. The Bertz CT molecular complexity index is 253. The molecule has 1 heteroatoms. The summed E-state index contributed by atoms with van der Waals surface area (Å²) in [6.45, 7) is 4.51. The van der Waals surface area contributed by atoms with Crippen LogP contribution in [0, 0.1) is 10.5 Å². The summed E-state index contributed by atoms with van der Waals surface area (Å²) in [5.41, 5.74) is 3.10. The Kier molecular flexibility index (Phi) is 4.06. The summed E-state index contributed by atoms with van der Waals surface area (Å²) >= 11 is 0.259. The van der Waals surface area contributed by atoms with Crippen LogP contribution in [-0.4, -0.2) is 4.93 Å². The predicted molar refractivity (Wildman–Crippen MR) is 49.8 cm³/mol. The van der Waals surface area contributed by atoms with Gasteiger partial charge >= 0.3 is 85.7 Å². The molecule has 0 amide bonds. The topological polar surface area (TPSA) is 0 Å². The van der Waals surface area contributed by atoms with Crippen molar-refractivity contribution in [2.45, 2.75) is 26.7 Å². The molecule has 0 spiro atoms. The van der Waals surface area contributed by atoms with Gasteiger partial charge in [-0.05, 0) is 0 Å². The van der Waals surface area contributed by atoms with Gasteiger partial charge in [0.2, 0.25) is 0 Å². The van der Waals surface area contributed by atoms with E-state index in [2.05, 4.69) is 37.0 Å². The summed E-state index contributed by atoms with van der Waals surface area (Å²) < 4.78 is 1.61. The zero-order valence-electron chi connectivity index (χ0n) is 8.02. The summed E-state index contributed by atoms with van der Waals surface area (Å²) in [6, 6.07) is 6.75. The van der Waals surface area contributed by atoms with Crippen LogP contribution in [-0.2, 0) is 6.42 Å². The van der Waals surface area contributed by atoms with E-state index in [9.17, 15) is 0 Å². The number of hydrogen-bond donors (Lipinski definition) is 0. The van der Waals surface area contributed by atoms with Gasteiger partial charge in [-0.3, -0.25) is 0 Å². The summed E-state index contributed by atoms with van der Waals surface area (Å²) in [4.78, 5) is 2.33. The van der Waals surface area contributed by atoms with Gasteiger partial charge in [-0.1, -0.05) is 0 Å². The zero-order valence-corrected chi connectivity index (χ0v) is 10.2. The van der Waals surface area contributed by atoms with Crippen molar-refractivity contribution in [2.24, 2.45) is 0 Å². The van der Waals surface area contributed by atoms with Gasteiger partial charge in [-0.15, -0.1) is 0 Å². The molecule has 0 bridgehead atoms. The van der Waals surface area contributed by atoms with Crippen molar-refractivity contribution in [3.05, 3.63) is 32.9 Å². The third-order valence-electron chi connectivity index (χ3n) is 2.10. The van der Waals surface area contributed by atoms with Gasteiger partial charge in [-0.2, -0.15) is 0 Å². The minimum atomic E-state index is 0.259. The number of aryl methyl sites for hydroxylation is 1. The average molecular weight is 275 g/mol. The summed E-state index contributed by atoms with van der Waals surface area (Å²) in [5, 5.41) is 0. The van der Waals surface area contributed by atoms with Crippen molar-refractivity contribution < 1.29 is 21.2 Å². The Morgan fingerprint density at radius 1 is 1.33 bits per heavy atom. The molecule has 0 nitrogen and oxygen atoms in total. The molecule has 0 unspecified atom stereocenters. The Balaban J connectivity index is 2.97. The van der Waals surface area contributed by atoms with E-state index >= 15 is 0 Å². The molecule has 0 radical (unpaired) electrons. The third kappa shape index (κ3) is 2.22. The van der Waals surface area contributed by atoms with E-state index in [4.69, 9.17) is 0 Å². The molecule has 68 valence electrons. The molecule has 1 aromatic rings. The van der Waals surface area contributed by atoms with E-state index in [1.807, 2.05) is 0 Å². The maximum absolute atomic E-state index is 2.33. The van der Waals surface area contributed by atoms with E-state index in [-0.39, 0.29) is 21.2 Å². The van der Waals surface area contributed by atoms with Crippen molar-refractivity contribution in [3.8, 4) is 0 Å². The Hall–Kier alpha value is -0.0500. The predicted octanol–water partition coefficient (Wildman–Crippen LogP) is -0.164. The van der Waals surface area contributed by atoms with E-state index in [1.54, 1.807) is 14.7 Å².